The molecule has 4 heteroatoms. The van der Waals surface area contributed by atoms with Crippen LogP contribution in [0.4, 0.5) is 0 Å². The summed E-state index contributed by atoms with van der Waals surface area (Å²) in [5.41, 5.74) is 0.314. The summed E-state index contributed by atoms with van der Waals surface area (Å²) in [5, 5.41) is 18.3. The van der Waals surface area contributed by atoms with E-state index in [9.17, 15) is 9.90 Å². The summed E-state index contributed by atoms with van der Waals surface area (Å²) in [6, 6.07) is 4.19. The van der Waals surface area contributed by atoms with Crippen molar-refractivity contribution in [3.05, 3.63) is 23.8 Å². The highest BCUT2D eigenvalue weighted by Crippen LogP contribution is 2.26. The van der Waals surface area contributed by atoms with Crippen molar-refractivity contribution < 1.29 is 19.7 Å². The molecule has 76 valence electrons. The van der Waals surface area contributed by atoms with E-state index in [0.29, 0.717) is 5.56 Å². The van der Waals surface area contributed by atoms with Gasteiger partial charge < -0.3 is 14.9 Å². The third kappa shape index (κ3) is 2.03. The van der Waals surface area contributed by atoms with Gasteiger partial charge in [0.15, 0.2) is 17.3 Å². The summed E-state index contributed by atoms with van der Waals surface area (Å²) in [7, 11) is 1.39. The predicted octanol–water partition coefficient (Wildman–Crippen LogP) is 0.964. The van der Waals surface area contributed by atoms with E-state index in [1.807, 2.05) is 0 Å². The lowest BCUT2D eigenvalue weighted by Gasteiger charge is -2.07. The van der Waals surface area contributed by atoms with Crippen LogP contribution in [0.3, 0.4) is 0 Å². The third-order valence-corrected chi connectivity index (χ3v) is 1.84. The average Bonchev–Trinajstić information content (AvgIpc) is 2.17. The normalized spacial score (nSPS) is 12.2. The van der Waals surface area contributed by atoms with E-state index in [1.165, 1.54) is 32.2 Å². The Morgan fingerprint density at radius 2 is 2.14 bits per heavy atom. The number of hydrogen-bond acceptors (Lipinski definition) is 4. The Bertz CT molecular complexity index is 344. The molecule has 0 bridgehead atoms. The summed E-state index contributed by atoms with van der Waals surface area (Å²) < 4.78 is 4.83. The molecule has 0 aliphatic carbocycles. The Morgan fingerprint density at radius 1 is 1.50 bits per heavy atom. The Balaban J connectivity index is 3.06. The number of ether oxygens (including phenoxy) is 1. The second-order valence-electron chi connectivity index (χ2n) is 2.93. The van der Waals surface area contributed by atoms with Crippen LogP contribution in [-0.4, -0.2) is 29.2 Å². The van der Waals surface area contributed by atoms with Gasteiger partial charge in [-0.05, 0) is 25.1 Å². The van der Waals surface area contributed by atoms with E-state index >= 15 is 0 Å². The van der Waals surface area contributed by atoms with Crippen molar-refractivity contribution in [1.82, 2.24) is 0 Å². The number of phenols is 1. The number of carbonyl (C=O) groups is 1. The molecule has 0 aliphatic rings. The minimum absolute atomic E-state index is 0.0327. The highest BCUT2D eigenvalue weighted by atomic mass is 16.5. The maximum atomic E-state index is 11.3. The van der Waals surface area contributed by atoms with Crippen molar-refractivity contribution >= 4 is 5.78 Å². The molecule has 0 amide bonds. The zero-order valence-electron chi connectivity index (χ0n) is 8.02. The average molecular weight is 196 g/mol. The molecule has 1 aromatic carbocycles. The number of hydrogen-bond donors (Lipinski definition) is 2. The van der Waals surface area contributed by atoms with Crippen molar-refractivity contribution in [3.63, 3.8) is 0 Å². The quantitative estimate of drug-likeness (QED) is 0.707. The molecule has 0 heterocycles. The fourth-order valence-electron chi connectivity index (χ4n) is 1.07. The van der Waals surface area contributed by atoms with Crippen LogP contribution in [0.25, 0.3) is 0 Å². The summed E-state index contributed by atoms with van der Waals surface area (Å²) in [4.78, 5) is 11.3. The van der Waals surface area contributed by atoms with E-state index in [4.69, 9.17) is 9.84 Å². The molecule has 0 saturated heterocycles. The lowest BCUT2D eigenvalue weighted by atomic mass is 10.1. The fraction of sp³-hybridized carbons (Fsp3) is 0.300. The van der Waals surface area contributed by atoms with Gasteiger partial charge in [0.25, 0.3) is 0 Å². The number of methoxy groups -OCH3 is 1. The topological polar surface area (TPSA) is 66.8 Å². The van der Waals surface area contributed by atoms with E-state index in [-0.39, 0.29) is 11.5 Å². The van der Waals surface area contributed by atoms with Crippen LogP contribution in [0.5, 0.6) is 11.5 Å². The molecule has 0 aliphatic heterocycles. The van der Waals surface area contributed by atoms with E-state index in [1.54, 1.807) is 0 Å². The first-order valence-corrected chi connectivity index (χ1v) is 4.15. The summed E-state index contributed by atoms with van der Waals surface area (Å²) in [5.74, 6) is -0.213. The first-order chi connectivity index (χ1) is 6.56. The van der Waals surface area contributed by atoms with Gasteiger partial charge in [0.05, 0.1) is 7.11 Å². The standard InChI is InChI=1S/C10H12O4/c1-6(11)10(13)7-3-4-8(12)9(5-7)14-2/h3-6,11-12H,1-2H3/t6-/m1/s1. The minimum Gasteiger partial charge on any atom is -0.504 e. The number of aliphatic hydroxyl groups excluding tert-OH is 1. The first-order valence-electron chi connectivity index (χ1n) is 4.15. The first kappa shape index (κ1) is 10.5. The van der Waals surface area contributed by atoms with Crippen molar-refractivity contribution in [3.8, 4) is 11.5 Å². The van der Waals surface area contributed by atoms with Crippen molar-refractivity contribution in [2.24, 2.45) is 0 Å². The molecule has 1 atom stereocenters. The molecule has 1 rings (SSSR count). The zero-order valence-corrected chi connectivity index (χ0v) is 8.02. The maximum absolute atomic E-state index is 11.3. The van der Waals surface area contributed by atoms with Crippen LogP contribution < -0.4 is 4.74 Å². The number of phenolic OH excluding ortho intramolecular Hbond substituents is 1. The van der Waals surface area contributed by atoms with Gasteiger partial charge >= 0.3 is 0 Å². The van der Waals surface area contributed by atoms with Gasteiger partial charge in [-0.15, -0.1) is 0 Å². The lowest BCUT2D eigenvalue weighted by molar-refractivity contribution is 0.0779. The number of rotatable bonds is 3. The largest absolute Gasteiger partial charge is 0.504 e. The molecule has 0 spiro atoms. The van der Waals surface area contributed by atoms with E-state index < -0.39 is 11.9 Å². The van der Waals surface area contributed by atoms with Gasteiger partial charge in [-0.3, -0.25) is 4.79 Å². The Hall–Kier alpha value is -1.55. The molecule has 4 nitrogen and oxygen atoms in total. The lowest BCUT2D eigenvalue weighted by Crippen LogP contribution is -2.15. The number of aromatic hydroxyl groups is 1. The molecule has 0 radical (unpaired) electrons. The number of aliphatic hydroxyl groups is 1. The Labute approximate surface area is 81.8 Å². The number of benzene rings is 1. The van der Waals surface area contributed by atoms with Gasteiger partial charge in [-0.2, -0.15) is 0 Å². The van der Waals surface area contributed by atoms with Gasteiger partial charge in [0, 0.05) is 5.56 Å². The maximum Gasteiger partial charge on any atom is 0.191 e. The fourth-order valence-corrected chi connectivity index (χ4v) is 1.07. The molecular formula is C10H12O4. The Kier molecular flexibility index (Phi) is 3.09. The van der Waals surface area contributed by atoms with Crippen LogP contribution in [0.15, 0.2) is 18.2 Å². The molecule has 1 aromatic rings. The van der Waals surface area contributed by atoms with Gasteiger partial charge in [0.2, 0.25) is 0 Å². The Morgan fingerprint density at radius 3 is 2.64 bits per heavy atom. The molecular weight excluding hydrogens is 184 g/mol. The number of carbonyl (C=O) groups excluding carboxylic acids is 1. The van der Waals surface area contributed by atoms with Gasteiger partial charge in [0.1, 0.15) is 6.10 Å². The minimum atomic E-state index is -1.05. The monoisotopic (exact) mass is 196 g/mol. The van der Waals surface area contributed by atoms with Crippen molar-refractivity contribution in [2.75, 3.05) is 7.11 Å². The summed E-state index contributed by atoms with van der Waals surface area (Å²) in [6.07, 6.45) is -1.05. The van der Waals surface area contributed by atoms with Crippen LogP contribution >= 0.6 is 0 Å². The third-order valence-electron chi connectivity index (χ3n) is 1.84. The molecule has 2 N–H and O–H groups in total. The van der Waals surface area contributed by atoms with Crippen molar-refractivity contribution in [2.45, 2.75) is 13.0 Å². The van der Waals surface area contributed by atoms with Gasteiger partial charge in [-0.25, -0.2) is 0 Å². The van der Waals surface area contributed by atoms with Crippen molar-refractivity contribution in [1.29, 1.82) is 0 Å². The predicted molar refractivity (Wildman–Crippen MR) is 50.7 cm³/mol. The molecule has 0 fully saturated rings. The number of ketones is 1. The second kappa shape index (κ2) is 4.11. The van der Waals surface area contributed by atoms with E-state index in [0.717, 1.165) is 0 Å². The highest BCUT2D eigenvalue weighted by molar-refractivity contribution is 5.99. The van der Waals surface area contributed by atoms with Gasteiger partial charge in [-0.1, -0.05) is 0 Å². The molecule has 0 aromatic heterocycles. The number of Topliss-reactive ketones (excluding diaryl/α,β-unsaturated/α-hetero) is 1. The smallest absolute Gasteiger partial charge is 0.191 e. The van der Waals surface area contributed by atoms with Crippen LogP contribution in [0, 0.1) is 0 Å². The summed E-state index contributed by atoms with van der Waals surface area (Å²) >= 11 is 0. The van der Waals surface area contributed by atoms with Crippen LogP contribution in [0.2, 0.25) is 0 Å². The zero-order chi connectivity index (χ0) is 10.7. The molecule has 0 unspecified atom stereocenters. The summed E-state index contributed by atoms with van der Waals surface area (Å²) in [6.45, 7) is 1.39. The second-order valence-corrected chi connectivity index (χ2v) is 2.93. The SMILES string of the molecule is COc1cc(C(=O)[C@@H](C)O)ccc1O. The highest BCUT2D eigenvalue weighted by Gasteiger charge is 2.13. The van der Waals surface area contributed by atoms with Crippen LogP contribution in [0.1, 0.15) is 17.3 Å². The molecule has 0 saturated carbocycles. The van der Waals surface area contributed by atoms with Crippen LogP contribution in [-0.2, 0) is 0 Å². The molecule has 14 heavy (non-hydrogen) atoms. The van der Waals surface area contributed by atoms with E-state index in [2.05, 4.69) is 0 Å².